The third kappa shape index (κ3) is 3.91. The molecule has 0 fully saturated rings. The zero-order valence-electron chi connectivity index (χ0n) is 12.6. The third-order valence-corrected chi connectivity index (χ3v) is 6.70. The van der Waals surface area contributed by atoms with Gasteiger partial charge in [-0.25, -0.2) is 0 Å². The lowest BCUT2D eigenvalue weighted by atomic mass is 10.1. The minimum absolute atomic E-state index is 0.232. The molecule has 104 valence electrons. The largest absolute Gasteiger partial charge is 0.270 e. The summed E-state index contributed by atoms with van der Waals surface area (Å²) in [5, 5.41) is 0. The van der Waals surface area contributed by atoms with Gasteiger partial charge >= 0.3 is 0 Å². The molecule has 1 aliphatic rings. The molecule has 0 spiro atoms. The van der Waals surface area contributed by atoms with Gasteiger partial charge in [-0.05, 0) is 5.92 Å². The van der Waals surface area contributed by atoms with Crippen molar-refractivity contribution in [1.29, 1.82) is 0 Å². The van der Waals surface area contributed by atoms with Crippen LogP contribution in [0, 0.1) is 5.92 Å². The smallest absolute Gasteiger partial charge is 0.0506 e. The van der Waals surface area contributed by atoms with E-state index in [0.717, 1.165) is 26.2 Å². The normalized spacial score (nSPS) is 23.6. The van der Waals surface area contributed by atoms with Gasteiger partial charge in [-0.2, -0.15) is 0 Å². The van der Waals surface area contributed by atoms with Crippen molar-refractivity contribution in [2.24, 2.45) is 5.92 Å². The predicted octanol–water partition coefficient (Wildman–Crippen LogP) is 4.11. The Kier molecular flexibility index (Phi) is 7.14. The highest BCUT2D eigenvalue weighted by Crippen LogP contribution is 2.50. The molecule has 0 heterocycles. The van der Waals surface area contributed by atoms with Crippen LogP contribution in [-0.2, 0) is 0 Å². The zero-order chi connectivity index (χ0) is 13.5. The van der Waals surface area contributed by atoms with E-state index in [-0.39, 0.29) is 8.22 Å². The van der Waals surface area contributed by atoms with Crippen molar-refractivity contribution in [3.63, 3.8) is 0 Å². The average molecular weight is 268 g/mol. The second kappa shape index (κ2) is 8.09. The predicted molar refractivity (Wildman–Crippen MR) is 84.0 cm³/mol. The Balaban J connectivity index is 2.89. The van der Waals surface area contributed by atoms with Crippen LogP contribution >= 0.6 is 8.22 Å². The molecule has 0 amide bonds. The van der Waals surface area contributed by atoms with Gasteiger partial charge < -0.3 is 0 Å². The molecule has 0 saturated heterocycles. The SMILES string of the molecule is CCN(CC)P(C1C=CC(C)C=C1)N(CC)CC. The van der Waals surface area contributed by atoms with E-state index in [2.05, 4.69) is 68.3 Å². The maximum atomic E-state index is 2.64. The molecule has 0 unspecified atom stereocenters. The Hall–Kier alpha value is -0.170. The molecule has 0 radical (unpaired) electrons. The lowest BCUT2D eigenvalue weighted by Crippen LogP contribution is -2.33. The zero-order valence-corrected chi connectivity index (χ0v) is 13.5. The van der Waals surface area contributed by atoms with Crippen LogP contribution in [0.1, 0.15) is 34.6 Å². The second-order valence-electron chi connectivity index (χ2n) is 4.72. The first-order chi connectivity index (χ1) is 8.67. The fourth-order valence-electron chi connectivity index (χ4n) is 2.44. The van der Waals surface area contributed by atoms with E-state index in [1.165, 1.54) is 0 Å². The van der Waals surface area contributed by atoms with Crippen molar-refractivity contribution in [3.8, 4) is 0 Å². The lowest BCUT2D eigenvalue weighted by molar-refractivity contribution is 0.421. The van der Waals surface area contributed by atoms with Gasteiger partial charge in [0.2, 0.25) is 0 Å². The van der Waals surface area contributed by atoms with Crippen molar-refractivity contribution in [2.75, 3.05) is 26.2 Å². The molecule has 18 heavy (non-hydrogen) atoms. The van der Waals surface area contributed by atoms with E-state index in [1.807, 2.05) is 0 Å². The standard InChI is InChI=1S/C15H29N2P/c1-6-16(7-2)18(17(8-3)9-4)15-12-10-14(5)11-13-15/h10-15H,6-9H2,1-5H3. The molecular weight excluding hydrogens is 239 g/mol. The first-order valence-corrected chi connectivity index (χ1v) is 8.65. The number of hydrogen-bond acceptors (Lipinski definition) is 2. The first kappa shape index (κ1) is 15.9. The van der Waals surface area contributed by atoms with E-state index in [0.29, 0.717) is 11.6 Å². The molecule has 3 heteroatoms. The summed E-state index contributed by atoms with van der Waals surface area (Å²) in [4.78, 5) is 0. The summed E-state index contributed by atoms with van der Waals surface area (Å²) in [5.41, 5.74) is 0.594. The van der Waals surface area contributed by atoms with E-state index in [9.17, 15) is 0 Å². The molecule has 2 nitrogen and oxygen atoms in total. The Bertz CT molecular complexity index is 254. The van der Waals surface area contributed by atoms with Crippen LogP contribution in [0.4, 0.5) is 0 Å². The Morgan fingerprint density at radius 1 is 0.778 bits per heavy atom. The molecule has 0 saturated carbocycles. The molecule has 1 rings (SSSR count). The van der Waals surface area contributed by atoms with Crippen LogP contribution in [0.25, 0.3) is 0 Å². The summed E-state index contributed by atoms with van der Waals surface area (Å²) in [6.07, 6.45) is 9.56. The number of allylic oxidation sites excluding steroid dienone is 4. The number of hydrogen-bond donors (Lipinski definition) is 0. The molecule has 0 aromatic heterocycles. The van der Waals surface area contributed by atoms with Crippen LogP contribution in [0.5, 0.6) is 0 Å². The van der Waals surface area contributed by atoms with Gasteiger partial charge in [0.05, 0.1) is 8.22 Å². The molecule has 0 bridgehead atoms. The van der Waals surface area contributed by atoms with Crippen molar-refractivity contribution in [3.05, 3.63) is 24.3 Å². The van der Waals surface area contributed by atoms with Crippen molar-refractivity contribution in [1.82, 2.24) is 9.34 Å². The molecule has 0 aliphatic heterocycles. The fraction of sp³-hybridized carbons (Fsp3) is 0.733. The van der Waals surface area contributed by atoms with E-state index in [4.69, 9.17) is 0 Å². The summed E-state index contributed by atoms with van der Waals surface area (Å²) in [7, 11) is -0.232. The maximum Gasteiger partial charge on any atom is 0.0506 e. The van der Waals surface area contributed by atoms with Crippen molar-refractivity contribution < 1.29 is 0 Å². The Morgan fingerprint density at radius 2 is 1.17 bits per heavy atom. The van der Waals surface area contributed by atoms with Crippen LogP contribution < -0.4 is 0 Å². The summed E-state index contributed by atoms with van der Waals surface area (Å²) in [6, 6.07) is 0. The molecule has 0 N–H and O–H groups in total. The van der Waals surface area contributed by atoms with Gasteiger partial charge in [-0.1, -0.05) is 58.9 Å². The lowest BCUT2D eigenvalue weighted by Gasteiger charge is -2.41. The van der Waals surface area contributed by atoms with Gasteiger partial charge in [-0.15, -0.1) is 0 Å². The highest BCUT2D eigenvalue weighted by molar-refractivity contribution is 7.53. The summed E-state index contributed by atoms with van der Waals surface area (Å²) in [5.74, 6) is 0.603. The maximum absolute atomic E-state index is 2.64. The minimum Gasteiger partial charge on any atom is -0.270 e. The highest BCUT2D eigenvalue weighted by atomic mass is 31.1. The van der Waals surface area contributed by atoms with Crippen LogP contribution in [0.3, 0.4) is 0 Å². The highest BCUT2D eigenvalue weighted by Gasteiger charge is 2.28. The van der Waals surface area contributed by atoms with E-state index in [1.54, 1.807) is 0 Å². The molecular formula is C15H29N2P. The van der Waals surface area contributed by atoms with Gasteiger partial charge in [0.1, 0.15) is 0 Å². The van der Waals surface area contributed by atoms with Gasteiger partial charge in [0.25, 0.3) is 0 Å². The average Bonchev–Trinajstić information content (AvgIpc) is 2.40. The Morgan fingerprint density at radius 3 is 1.50 bits per heavy atom. The topological polar surface area (TPSA) is 6.48 Å². The van der Waals surface area contributed by atoms with Crippen molar-refractivity contribution in [2.45, 2.75) is 40.3 Å². The quantitative estimate of drug-likeness (QED) is 0.506. The number of nitrogens with zero attached hydrogens (tertiary/aromatic N) is 2. The third-order valence-electron chi connectivity index (χ3n) is 3.53. The van der Waals surface area contributed by atoms with Crippen molar-refractivity contribution >= 4 is 8.22 Å². The monoisotopic (exact) mass is 268 g/mol. The van der Waals surface area contributed by atoms with Crippen LogP contribution in [-0.4, -0.2) is 41.2 Å². The second-order valence-corrected chi connectivity index (χ2v) is 7.09. The number of rotatable bonds is 7. The van der Waals surface area contributed by atoms with Crippen LogP contribution in [0.15, 0.2) is 24.3 Å². The van der Waals surface area contributed by atoms with Crippen LogP contribution in [0.2, 0.25) is 0 Å². The fourth-order valence-corrected chi connectivity index (χ4v) is 5.22. The van der Waals surface area contributed by atoms with Gasteiger partial charge in [0, 0.05) is 31.8 Å². The van der Waals surface area contributed by atoms with E-state index < -0.39 is 0 Å². The summed E-state index contributed by atoms with van der Waals surface area (Å²) in [6.45, 7) is 15.9. The van der Waals surface area contributed by atoms with Gasteiger partial charge in [0.15, 0.2) is 0 Å². The molecule has 0 aromatic carbocycles. The van der Waals surface area contributed by atoms with Gasteiger partial charge in [-0.3, -0.25) is 9.34 Å². The molecule has 0 aromatic rings. The van der Waals surface area contributed by atoms with E-state index >= 15 is 0 Å². The minimum atomic E-state index is -0.232. The molecule has 1 aliphatic carbocycles. The summed E-state index contributed by atoms with van der Waals surface area (Å²) >= 11 is 0. The first-order valence-electron chi connectivity index (χ1n) is 7.33. The Labute approximate surface area is 115 Å². The molecule has 0 atom stereocenters. The summed E-state index contributed by atoms with van der Waals surface area (Å²) < 4.78 is 5.27.